The maximum atomic E-state index is 13.8. The van der Waals surface area contributed by atoms with Crippen molar-refractivity contribution in [1.82, 2.24) is 0 Å². The summed E-state index contributed by atoms with van der Waals surface area (Å²) >= 11 is 0. The molecule has 0 saturated carbocycles. The first-order valence-corrected chi connectivity index (χ1v) is 9.01. The Morgan fingerprint density at radius 2 is 1.34 bits per heavy atom. The van der Waals surface area contributed by atoms with Crippen molar-refractivity contribution < 1.29 is 9.59 Å². The van der Waals surface area contributed by atoms with Gasteiger partial charge in [-0.3, -0.25) is 14.5 Å². The van der Waals surface area contributed by atoms with Crippen LogP contribution in [0.1, 0.15) is 11.1 Å². The minimum Gasteiger partial charge on any atom is -0.293 e. The highest BCUT2D eigenvalue weighted by molar-refractivity contribution is 6.29. The Kier molecular flexibility index (Phi) is 4.69. The van der Waals surface area contributed by atoms with E-state index in [0.717, 1.165) is 0 Å². The van der Waals surface area contributed by atoms with Gasteiger partial charge in [0, 0.05) is 16.7 Å². The molecule has 1 unspecified atom stereocenters. The Bertz CT molecular complexity index is 1140. The van der Waals surface area contributed by atoms with Gasteiger partial charge in [0.2, 0.25) is 5.54 Å². The molecule has 0 N–H and O–H groups in total. The second-order valence-electron chi connectivity index (χ2n) is 6.50. The highest BCUT2D eigenvalue weighted by atomic mass is 16.2. The molecule has 6 nitrogen and oxygen atoms in total. The van der Waals surface area contributed by atoms with Crippen molar-refractivity contribution in [3.8, 4) is 0 Å². The third-order valence-electron chi connectivity index (χ3n) is 4.85. The molecule has 3 aromatic rings. The number of amides is 1. The minimum absolute atomic E-state index is 0.331. The van der Waals surface area contributed by atoms with Crippen LogP contribution < -0.4 is 4.90 Å². The number of azide groups is 1. The lowest BCUT2D eigenvalue weighted by Gasteiger charge is -2.38. The summed E-state index contributed by atoms with van der Waals surface area (Å²) in [5.74, 6) is -1.18. The van der Waals surface area contributed by atoms with Crippen molar-refractivity contribution in [2.24, 2.45) is 5.11 Å². The Morgan fingerprint density at radius 3 is 1.93 bits per heavy atom. The van der Waals surface area contributed by atoms with Gasteiger partial charge in [0.1, 0.15) is 0 Å². The third-order valence-corrected chi connectivity index (χ3v) is 4.85. The zero-order chi connectivity index (χ0) is 20.3. The van der Waals surface area contributed by atoms with Gasteiger partial charge in [0.25, 0.3) is 5.91 Å². The van der Waals surface area contributed by atoms with Crippen molar-refractivity contribution in [3.63, 3.8) is 0 Å². The van der Waals surface area contributed by atoms with Gasteiger partial charge in [0.15, 0.2) is 5.78 Å². The molecule has 4 rings (SSSR count). The molecule has 1 heterocycles. The molecule has 0 spiro atoms. The highest BCUT2D eigenvalue weighted by Crippen LogP contribution is 2.40. The molecular formula is C23H16N4O2. The maximum Gasteiger partial charge on any atom is 0.256 e. The Morgan fingerprint density at radius 1 is 0.793 bits per heavy atom. The topological polar surface area (TPSA) is 86.1 Å². The molecule has 1 atom stereocenters. The van der Waals surface area contributed by atoms with Gasteiger partial charge in [0.05, 0.1) is 5.70 Å². The molecule has 0 aromatic heterocycles. The second-order valence-corrected chi connectivity index (χ2v) is 6.50. The fourth-order valence-electron chi connectivity index (χ4n) is 3.49. The van der Waals surface area contributed by atoms with E-state index in [9.17, 15) is 15.1 Å². The van der Waals surface area contributed by atoms with Gasteiger partial charge < -0.3 is 0 Å². The van der Waals surface area contributed by atoms with Crippen LogP contribution in [0.15, 0.2) is 102 Å². The van der Waals surface area contributed by atoms with Gasteiger partial charge >= 0.3 is 0 Å². The van der Waals surface area contributed by atoms with Crippen LogP contribution in [0.4, 0.5) is 5.69 Å². The number of ketones is 1. The van der Waals surface area contributed by atoms with E-state index in [2.05, 4.69) is 10.0 Å². The molecule has 0 radical (unpaired) electrons. The summed E-state index contributed by atoms with van der Waals surface area (Å²) < 4.78 is 0. The molecule has 1 amide bonds. The van der Waals surface area contributed by atoms with Crippen LogP contribution in [-0.4, -0.2) is 11.7 Å². The largest absolute Gasteiger partial charge is 0.293 e. The predicted octanol–water partition coefficient (Wildman–Crippen LogP) is 4.85. The van der Waals surface area contributed by atoms with E-state index >= 15 is 0 Å². The number of para-hydroxylation sites is 1. The molecule has 0 fully saturated rings. The molecule has 1 aliphatic heterocycles. The second kappa shape index (κ2) is 7.46. The number of hydrogen-bond donors (Lipinski definition) is 0. The van der Waals surface area contributed by atoms with E-state index in [4.69, 9.17) is 0 Å². The van der Waals surface area contributed by atoms with Crippen molar-refractivity contribution in [1.29, 1.82) is 0 Å². The van der Waals surface area contributed by atoms with Crippen LogP contribution in [-0.2, 0) is 15.1 Å². The van der Waals surface area contributed by atoms with Gasteiger partial charge in [-0.25, -0.2) is 0 Å². The Balaban J connectivity index is 2.01. The van der Waals surface area contributed by atoms with Gasteiger partial charge in [-0.05, 0) is 28.8 Å². The number of anilines is 1. The van der Waals surface area contributed by atoms with Crippen LogP contribution in [0.3, 0.4) is 0 Å². The highest BCUT2D eigenvalue weighted by Gasteiger charge is 2.52. The smallest absolute Gasteiger partial charge is 0.256 e. The fraction of sp³-hybridized carbons (Fsp3) is 0.0435. The van der Waals surface area contributed by atoms with E-state index in [1.54, 1.807) is 54.6 Å². The van der Waals surface area contributed by atoms with Gasteiger partial charge in [-0.2, -0.15) is 0 Å². The summed E-state index contributed by atoms with van der Waals surface area (Å²) in [7, 11) is 0. The predicted molar refractivity (Wildman–Crippen MR) is 111 cm³/mol. The third kappa shape index (κ3) is 2.98. The lowest BCUT2D eigenvalue weighted by Crippen LogP contribution is -2.53. The molecular weight excluding hydrogens is 364 g/mol. The van der Waals surface area contributed by atoms with Gasteiger partial charge in [-0.1, -0.05) is 84.0 Å². The summed E-state index contributed by atoms with van der Waals surface area (Å²) in [5, 5.41) is 3.75. The van der Waals surface area contributed by atoms with Crippen molar-refractivity contribution in [3.05, 3.63) is 119 Å². The van der Waals surface area contributed by atoms with Gasteiger partial charge in [-0.15, -0.1) is 0 Å². The van der Waals surface area contributed by atoms with E-state index < -0.39 is 17.2 Å². The summed E-state index contributed by atoms with van der Waals surface area (Å²) in [6.07, 6.45) is 1.38. The van der Waals surface area contributed by atoms with E-state index in [1.165, 1.54) is 11.0 Å². The maximum absolute atomic E-state index is 13.8. The standard InChI is InChI=1S/C23H16N4O2/c24-26-25-23(18-12-6-2-7-13-18)21(28)16-20(17-10-4-1-5-11-17)27(22(23)29)19-14-8-3-9-15-19/h1-16H. The number of hydrogen-bond acceptors (Lipinski definition) is 3. The zero-order valence-electron chi connectivity index (χ0n) is 15.3. The molecule has 0 bridgehead atoms. The molecule has 29 heavy (non-hydrogen) atoms. The molecule has 0 aliphatic carbocycles. The minimum atomic E-state index is -2.00. The number of carbonyl (C=O) groups is 2. The summed E-state index contributed by atoms with van der Waals surface area (Å²) in [6.45, 7) is 0. The Labute approximate surface area is 167 Å². The molecule has 1 aliphatic rings. The average molecular weight is 380 g/mol. The zero-order valence-corrected chi connectivity index (χ0v) is 15.3. The van der Waals surface area contributed by atoms with Crippen LogP contribution in [0.2, 0.25) is 0 Å². The van der Waals surface area contributed by atoms with Crippen molar-refractivity contribution in [2.75, 3.05) is 4.90 Å². The van der Waals surface area contributed by atoms with Crippen LogP contribution in [0.25, 0.3) is 16.1 Å². The Hall–Kier alpha value is -4.15. The SMILES string of the molecule is [N-]=[N+]=NC1(c2ccccc2)C(=O)C=C(c2ccccc2)N(c2ccccc2)C1=O. The summed E-state index contributed by atoms with van der Waals surface area (Å²) in [6, 6.07) is 26.6. The van der Waals surface area contributed by atoms with E-state index in [0.29, 0.717) is 22.5 Å². The van der Waals surface area contributed by atoms with Crippen LogP contribution in [0.5, 0.6) is 0 Å². The summed E-state index contributed by atoms with van der Waals surface area (Å²) in [5.41, 5.74) is 9.29. The van der Waals surface area contributed by atoms with Crippen molar-refractivity contribution in [2.45, 2.75) is 5.54 Å². The lowest BCUT2D eigenvalue weighted by atomic mass is 9.81. The lowest BCUT2D eigenvalue weighted by molar-refractivity contribution is -0.132. The van der Waals surface area contributed by atoms with Crippen molar-refractivity contribution >= 4 is 23.1 Å². The first-order valence-electron chi connectivity index (χ1n) is 9.01. The van der Waals surface area contributed by atoms with E-state index in [1.807, 2.05) is 36.4 Å². The molecule has 140 valence electrons. The number of carbonyl (C=O) groups excluding carboxylic acids is 2. The normalized spacial score (nSPS) is 18.8. The number of rotatable bonds is 4. The quantitative estimate of drug-likeness (QED) is 0.280. The molecule has 6 heteroatoms. The fourth-order valence-corrected chi connectivity index (χ4v) is 3.49. The summed E-state index contributed by atoms with van der Waals surface area (Å²) in [4.78, 5) is 31.4. The molecule has 0 saturated heterocycles. The monoisotopic (exact) mass is 380 g/mol. The van der Waals surface area contributed by atoms with Crippen LogP contribution >= 0.6 is 0 Å². The number of benzene rings is 3. The van der Waals surface area contributed by atoms with Crippen LogP contribution in [0, 0.1) is 0 Å². The average Bonchev–Trinajstić information content (AvgIpc) is 2.78. The number of nitrogens with zero attached hydrogens (tertiary/aromatic N) is 4. The molecule has 3 aromatic carbocycles. The first-order chi connectivity index (χ1) is 14.2. The van der Waals surface area contributed by atoms with E-state index in [-0.39, 0.29) is 0 Å². The first kappa shape index (κ1) is 18.2.